The van der Waals surface area contributed by atoms with E-state index in [0.717, 1.165) is 19.3 Å². The van der Waals surface area contributed by atoms with E-state index in [2.05, 4.69) is 53.9 Å². The van der Waals surface area contributed by atoms with E-state index in [1.165, 1.54) is 6.33 Å². The van der Waals surface area contributed by atoms with Crippen molar-refractivity contribution in [3.05, 3.63) is 74.3 Å². The number of nitrogens with one attached hydrogen (secondary N) is 1. The molecule has 1 unspecified atom stereocenters. The quantitative estimate of drug-likeness (QED) is 0.552. The highest BCUT2D eigenvalue weighted by molar-refractivity contribution is 14.1. The molecule has 1 aromatic heterocycles. The van der Waals surface area contributed by atoms with Gasteiger partial charge in [-0.05, 0) is 65.4 Å². The molecule has 1 N–H and O–H groups in total. The lowest BCUT2D eigenvalue weighted by Gasteiger charge is -2.15. The molecule has 122 valence electrons. The molecule has 0 aliphatic carbocycles. The lowest BCUT2D eigenvalue weighted by Crippen LogP contribution is -2.27. The van der Waals surface area contributed by atoms with E-state index in [4.69, 9.17) is 0 Å². The van der Waals surface area contributed by atoms with Gasteiger partial charge in [-0.2, -0.15) is 5.10 Å². The smallest absolute Gasteiger partial charge is 0.252 e. The topological polar surface area (TPSA) is 59.8 Å². The average Bonchev–Trinajstić information content (AvgIpc) is 3.11. The van der Waals surface area contributed by atoms with Crippen molar-refractivity contribution in [1.29, 1.82) is 0 Å². The minimum absolute atomic E-state index is 0.0893. The fourth-order valence-corrected chi connectivity index (χ4v) is 3.23. The first-order valence-electron chi connectivity index (χ1n) is 7.25. The van der Waals surface area contributed by atoms with Gasteiger partial charge < -0.3 is 5.32 Å². The number of carbonyl (C=O) groups excluding carboxylic acids is 1. The Morgan fingerprint density at radius 3 is 2.67 bits per heavy atom. The summed E-state index contributed by atoms with van der Waals surface area (Å²) in [5.74, 6) is -0.0893. The third-order valence-electron chi connectivity index (χ3n) is 3.60. The standard InChI is InChI=1S/C17H14BrIN4O/c1-11(22-17(24)15-8-13(18)4-7-16(15)19)12-2-5-14(6-3-12)23-10-20-9-21-23/h2-11H,1H3,(H,22,24). The first kappa shape index (κ1) is 17.1. The van der Waals surface area contributed by atoms with Gasteiger partial charge in [-0.1, -0.05) is 28.1 Å². The molecule has 5 nitrogen and oxygen atoms in total. The van der Waals surface area contributed by atoms with Crippen LogP contribution in [0.5, 0.6) is 0 Å². The minimum Gasteiger partial charge on any atom is -0.345 e. The van der Waals surface area contributed by atoms with Gasteiger partial charge in [0.1, 0.15) is 12.7 Å². The first-order valence-corrected chi connectivity index (χ1v) is 9.12. The Morgan fingerprint density at radius 2 is 2.00 bits per heavy atom. The minimum atomic E-state index is -0.0999. The molecule has 0 fully saturated rings. The molecular weight excluding hydrogens is 483 g/mol. The summed E-state index contributed by atoms with van der Waals surface area (Å²) in [6, 6.07) is 13.4. The normalized spacial score (nSPS) is 12.0. The summed E-state index contributed by atoms with van der Waals surface area (Å²) in [6.07, 6.45) is 3.14. The van der Waals surface area contributed by atoms with E-state index in [0.29, 0.717) is 5.56 Å². The zero-order valence-electron chi connectivity index (χ0n) is 12.8. The van der Waals surface area contributed by atoms with Gasteiger partial charge in [0.05, 0.1) is 17.3 Å². The molecule has 1 heterocycles. The maximum Gasteiger partial charge on any atom is 0.252 e. The Hall–Kier alpha value is -1.74. The van der Waals surface area contributed by atoms with Gasteiger partial charge in [-0.3, -0.25) is 4.79 Å². The van der Waals surface area contributed by atoms with Crippen LogP contribution in [0.1, 0.15) is 28.9 Å². The lowest BCUT2D eigenvalue weighted by atomic mass is 10.1. The molecule has 24 heavy (non-hydrogen) atoms. The maximum absolute atomic E-state index is 12.5. The summed E-state index contributed by atoms with van der Waals surface area (Å²) >= 11 is 5.57. The van der Waals surface area contributed by atoms with Crippen molar-refractivity contribution in [2.75, 3.05) is 0 Å². The monoisotopic (exact) mass is 496 g/mol. The average molecular weight is 497 g/mol. The van der Waals surface area contributed by atoms with E-state index < -0.39 is 0 Å². The Kier molecular flexibility index (Phi) is 5.30. The highest BCUT2D eigenvalue weighted by Gasteiger charge is 2.14. The molecule has 0 spiro atoms. The second-order valence-electron chi connectivity index (χ2n) is 5.25. The molecule has 0 aliphatic rings. The highest BCUT2D eigenvalue weighted by Crippen LogP contribution is 2.20. The van der Waals surface area contributed by atoms with Crippen LogP contribution in [0.3, 0.4) is 0 Å². The second kappa shape index (κ2) is 7.43. The number of amides is 1. The Balaban J connectivity index is 1.73. The van der Waals surface area contributed by atoms with Crippen molar-refractivity contribution >= 4 is 44.4 Å². The lowest BCUT2D eigenvalue weighted by molar-refractivity contribution is 0.0939. The SMILES string of the molecule is CC(NC(=O)c1cc(Br)ccc1I)c1ccc(-n2cncn2)cc1. The predicted octanol–water partition coefficient (Wildman–Crippen LogP) is 4.13. The summed E-state index contributed by atoms with van der Waals surface area (Å²) in [5.41, 5.74) is 2.62. The second-order valence-corrected chi connectivity index (χ2v) is 7.33. The molecule has 0 aliphatic heterocycles. The number of aromatic nitrogens is 3. The van der Waals surface area contributed by atoms with Crippen molar-refractivity contribution in [2.45, 2.75) is 13.0 Å². The van der Waals surface area contributed by atoms with Crippen LogP contribution in [0.2, 0.25) is 0 Å². The van der Waals surface area contributed by atoms with Gasteiger partial charge in [-0.15, -0.1) is 0 Å². The first-order chi connectivity index (χ1) is 11.5. The summed E-state index contributed by atoms with van der Waals surface area (Å²) in [7, 11) is 0. The third kappa shape index (κ3) is 3.84. The summed E-state index contributed by atoms with van der Waals surface area (Å²) in [4.78, 5) is 16.4. The summed E-state index contributed by atoms with van der Waals surface area (Å²) in [5, 5.41) is 7.13. The molecule has 3 aromatic rings. The van der Waals surface area contributed by atoms with E-state index in [9.17, 15) is 4.79 Å². The fourth-order valence-electron chi connectivity index (χ4n) is 2.29. The summed E-state index contributed by atoms with van der Waals surface area (Å²) in [6.45, 7) is 1.97. The molecule has 0 saturated heterocycles. The van der Waals surface area contributed by atoms with Crippen LogP contribution in [0.15, 0.2) is 59.6 Å². The van der Waals surface area contributed by atoms with Gasteiger partial charge in [0, 0.05) is 8.04 Å². The van der Waals surface area contributed by atoms with Gasteiger partial charge in [0.15, 0.2) is 0 Å². The molecule has 1 atom stereocenters. The molecular formula is C17H14BrIN4O. The van der Waals surface area contributed by atoms with Crippen LogP contribution in [0, 0.1) is 3.57 Å². The van der Waals surface area contributed by atoms with E-state index in [-0.39, 0.29) is 11.9 Å². The van der Waals surface area contributed by atoms with Gasteiger partial charge in [-0.25, -0.2) is 9.67 Å². The third-order valence-corrected chi connectivity index (χ3v) is 5.03. The Labute approximate surface area is 161 Å². The number of rotatable bonds is 4. The van der Waals surface area contributed by atoms with Crippen molar-refractivity contribution < 1.29 is 4.79 Å². The van der Waals surface area contributed by atoms with E-state index >= 15 is 0 Å². The summed E-state index contributed by atoms with van der Waals surface area (Å²) < 4.78 is 3.50. The Morgan fingerprint density at radius 1 is 1.25 bits per heavy atom. The highest BCUT2D eigenvalue weighted by atomic mass is 127. The molecule has 0 bridgehead atoms. The largest absolute Gasteiger partial charge is 0.345 e. The molecule has 0 saturated carbocycles. The van der Waals surface area contributed by atoms with Crippen molar-refractivity contribution in [3.8, 4) is 5.69 Å². The predicted molar refractivity (Wildman–Crippen MR) is 104 cm³/mol. The van der Waals surface area contributed by atoms with Gasteiger partial charge in [0.25, 0.3) is 5.91 Å². The maximum atomic E-state index is 12.5. The number of nitrogens with zero attached hydrogens (tertiary/aromatic N) is 3. The number of halogens is 2. The van der Waals surface area contributed by atoms with Crippen molar-refractivity contribution in [2.24, 2.45) is 0 Å². The van der Waals surface area contributed by atoms with Crippen LogP contribution in [0.25, 0.3) is 5.69 Å². The van der Waals surface area contributed by atoms with Crippen LogP contribution in [0.4, 0.5) is 0 Å². The van der Waals surface area contributed by atoms with Crippen LogP contribution in [-0.2, 0) is 0 Å². The number of carbonyl (C=O) groups is 1. The molecule has 3 rings (SSSR count). The molecule has 7 heteroatoms. The van der Waals surface area contributed by atoms with Crippen LogP contribution < -0.4 is 5.32 Å². The molecule has 1 amide bonds. The van der Waals surface area contributed by atoms with Gasteiger partial charge >= 0.3 is 0 Å². The number of hydrogen-bond acceptors (Lipinski definition) is 3. The zero-order chi connectivity index (χ0) is 17.1. The fraction of sp³-hybridized carbons (Fsp3) is 0.118. The molecule has 0 radical (unpaired) electrons. The van der Waals surface area contributed by atoms with Gasteiger partial charge in [0.2, 0.25) is 0 Å². The zero-order valence-corrected chi connectivity index (χ0v) is 16.5. The van der Waals surface area contributed by atoms with E-state index in [1.54, 1.807) is 11.0 Å². The number of hydrogen-bond donors (Lipinski definition) is 1. The van der Waals surface area contributed by atoms with Crippen LogP contribution in [-0.4, -0.2) is 20.7 Å². The number of benzene rings is 2. The van der Waals surface area contributed by atoms with E-state index in [1.807, 2.05) is 49.4 Å². The van der Waals surface area contributed by atoms with Crippen molar-refractivity contribution in [3.63, 3.8) is 0 Å². The van der Waals surface area contributed by atoms with Crippen LogP contribution >= 0.6 is 38.5 Å². The van der Waals surface area contributed by atoms with Crippen molar-refractivity contribution in [1.82, 2.24) is 20.1 Å². The molecule has 2 aromatic carbocycles. The Bertz CT molecular complexity index is 850.